The molecule has 172 valence electrons. The number of carbonyl (C=O) groups is 1. The van der Waals surface area contributed by atoms with E-state index in [1.165, 1.54) is 0 Å². The molecule has 0 atom stereocenters. The van der Waals surface area contributed by atoms with Crippen molar-refractivity contribution in [3.8, 4) is 28.8 Å². The van der Waals surface area contributed by atoms with Crippen molar-refractivity contribution in [3.05, 3.63) is 95.7 Å². The first-order valence-electron chi connectivity index (χ1n) is 10.8. The number of carbonyl (C=O) groups excluding carboxylic acids is 1. The molecule has 0 fully saturated rings. The second-order valence-corrected chi connectivity index (χ2v) is 8.74. The Labute approximate surface area is 206 Å². The summed E-state index contributed by atoms with van der Waals surface area (Å²) in [5.41, 5.74) is 3.66. The van der Waals surface area contributed by atoms with E-state index in [9.17, 15) is 15.2 Å². The van der Waals surface area contributed by atoms with Crippen LogP contribution in [0.5, 0.6) is 5.75 Å². The molecule has 0 spiro atoms. The Morgan fingerprint density at radius 1 is 1.09 bits per heavy atom. The fourth-order valence-corrected chi connectivity index (χ4v) is 5.01. The van der Waals surface area contributed by atoms with Gasteiger partial charge in [0.1, 0.15) is 17.5 Å². The highest BCUT2D eigenvalue weighted by atomic mass is 32.2. The Balaban J connectivity index is 1.61. The summed E-state index contributed by atoms with van der Waals surface area (Å²) in [6, 6.07) is 26.1. The first-order chi connectivity index (χ1) is 17.1. The standard InChI is InChI=1S/C27H20N4O3S/c1-34-19-13-11-17(12-14-19)29-27(33)21(15-28)26(32)24-22-16-35-23-10-6-5-9-20(23)25(22)31(30-24)18-7-3-2-4-8-18/h2-14,32H,16H2,1H3,(H,29,33)/b26-21-. The number of rotatable bonds is 5. The summed E-state index contributed by atoms with van der Waals surface area (Å²) >= 11 is 1.62. The molecule has 3 aromatic carbocycles. The Hall–Kier alpha value is -4.48. The van der Waals surface area contributed by atoms with Crippen molar-refractivity contribution in [2.45, 2.75) is 10.6 Å². The Morgan fingerprint density at radius 2 is 1.80 bits per heavy atom. The first-order valence-corrected chi connectivity index (χ1v) is 11.8. The van der Waals surface area contributed by atoms with Crippen LogP contribution in [0.15, 0.2) is 89.3 Å². The van der Waals surface area contributed by atoms with Crippen molar-refractivity contribution >= 4 is 29.1 Å². The van der Waals surface area contributed by atoms with Crippen molar-refractivity contribution < 1.29 is 14.6 Å². The van der Waals surface area contributed by atoms with E-state index >= 15 is 0 Å². The van der Waals surface area contributed by atoms with Gasteiger partial charge < -0.3 is 15.2 Å². The quantitative estimate of drug-likeness (QED) is 0.220. The maximum Gasteiger partial charge on any atom is 0.270 e. The van der Waals surface area contributed by atoms with Gasteiger partial charge in [-0.3, -0.25) is 4.79 Å². The number of para-hydroxylation sites is 1. The number of nitrogens with zero attached hydrogens (tertiary/aromatic N) is 3. The van der Waals surface area contributed by atoms with E-state index in [1.807, 2.05) is 60.7 Å². The van der Waals surface area contributed by atoms with Crippen molar-refractivity contribution in [2.24, 2.45) is 0 Å². The van der Waals surface area contributed by atoms with Crippen LogP contribution in [-0.4, -0.2) is 27.9 Å². The molecule has 0 aliphatic carbocycles. The molecular formula is C27H20N4O3S. The van der Waals surface area contributed by atoms with Crippen molar-refractivity contribution in [1.82, 2.24) is 9.78 Å². The number of hydrogen-bond donors (Lipinski definition) is 2. The van der Waals surface area contributed by atoms with Gasteiger partial charge in [0.25, 0.3) is 5.91 Å². The average molecular weight is 481 g/mol. The van der Waals surface area contributed by atoms with Gasteiger partial charge in [-0.15, -0.1) is 11.8 Å². The lowest BCUT2D eigenvalue weighted by Crippen LogP contribution is -2.15. The topological polar surface area (TPSA) is 100 Å². The molecule has 8 heteroatoms. The monoisotopic (exact) mass is 480 g/mol. The minimum absolute atomic E-state index is 0.215. The molecular weight excluding hydrogens is 460 g/mol. The average Bonchev–Trinajstić information content (AvgIpc) is 3.30. The van der Waals surface area contributed by atoms with Gasteiger partial charge >= 0.3 is 0 Å². The first kappa shape index (κ1) is 22.3. The number of fused-ring (bicyclic) bond motifs is 3. The second kappa shape index (κ2) is 9.41. The van der Waals surface area contributed by atoms with E-state index in [0.717, 1.165) is 27.4 Å². The fourth-order valence-electron chi connectivity index (χ4n) is 3.95. The Morgan fingerprint density at radius 3 is 2.51 bits per heavy atom. The Kier molecular flexibility index (Phi) is 6.00. The van der Waals surface area contributed by atoms with Gasteiger partial charge in [0.05, 0.1) is 18.5 Å². The van der Waals surface area contributed by atoms with E-state index in [-0.39, 0.29) is 5.69 Å². The van der Waals surface area contributed by atoms with Gasteiger partial charge in [-0.2, -0.15) is 10.4 Å². The lowest BCUT2D eigenvalue weighted by Gasteiger charge is -2.18. The van der Waals surface area contributed by atoms with Crippen LogP contribution in [0.2, 0.25) is 0 Å². The number of methoxy groups -OCH3 is 1. The van der Waals surface area contributed by atoms with Gasteiger partial charge in [0, 0.05) is 27.5 Å². The largest absolute Gasteiger partial charge is 0.504 e. The SMILES string of the molecule is COc1ccc(NC(=O)/C(C#N)=C(\O)c2nn(-c3ccccc3)c3c2CSc2ccccc2-3)cc1. The molecule has 0 unspecified atom stereocenters. The smallest absolute Gasteiger partial charge is 0.270 e. The highest BCUT2D eigenvalue weighted by Gasteiger charge is 2.30. The molecule has 1 aliphatic heterocycles. The number of hydrogen-bond acceptors (Lipinski definition) is 6. The van der Waals surface area contributed by atoms with Crippen molar-refractivity contribution in [1.29, 1.82) is 5.26 Å². The lowest BCUT2D eigenvalue weighted by atomic mass is 10.0. The third kappa shape index (κ3) is 4.14. The molecule has 1 aliphatic rings. The van der Waals surface area contributed by atoms with Crippen LogP contribution in [0.25, 0.3) is 22.7 Å². The maximum atomic E-state index is 12.9. The molecule has 0 saturated carbocycles. The van der Waals surface area contributed by atoms with Gasteiger partial charge in [0.2, 0.25) is 0 Å². The molecule has 2 heterocycles. The van der Waals surface area contributed by atoms with E-state index in [0.29, 0.717) is 17.2 Å². The molecule has 35 heavy (non-hydrogen) atoms. The molecule has 2 N–H and O–H groups in total. The number of anilines is 1. The van der Waals surface area contributed by atoms with E-state index in [1.54, 1.807) is 47.8 Å². The van der Waals surface area contributed by atoms with E-state index < -0.39 is 17.2 Å². The number of aliphatic hydroxyl groups is 1. The highest BCUT2D eigenvalue weighted by molar-refractivity contribution is 7.98. The second-order valence-electron chi connectivity index (χ2n) is 7.73. The third-order valence-corrected chi connectivity index (χ3v) is 6.75. The highest BCUT2D eigenvalue weighted by Crippen LogP contribution is 2.44. The number of aliphatic hydroxyl groups excluding tert-OH is 1. The van der Waals surface area contributed by atoms with Crippen LogP contribution in [-0.2, 0) is 10.5 Å². The number of aromatic nitrogens is 2. The predicted molar refractivity (Wildman–Crippen MR) is 135 cm³/mol. The minimum atomic E-state index is -0.720. The summed E-state index contributed by atoms with van der Waals surface area (Å²) in [7, 11) is 1.55. The molecule has 1 amide bonds. The van der Waals surface area contributed by atoms with Crippen LogP contribution in [0.4, 0.5) is 5.69 Å². The molecule has 0 saturated heterocycles. The summed E-state index contributed by atoms with van der Waals surface area (Å²) in [6.07, 6.45) is 0. The number of nitriles is 1. The van der Waals surface area contributed by atoms with Gasteiger partial charge in [-0.1, -0.05) is 36.4 Å². The van der Waals surface area contributed by atoms with E-state index in [2.05, 4.69) is 10.4 Å². The lowest BCUT2D eigenvalue weighted by molar-refractivity contribution is -0.112. The van der Waals surface area contributed by atoms with Crippen LogP contribution in [0.3, 0.4) is 0 Å². The van der Waals surface area contributed by atoms with Gasteiger partial charge in [-0.25, -0.2) is 4.68 Å². The van der Waals surface area contributed by atoms with Crippen LogP contribution in [0.1, 0.15) is 11.3 Å². The predicted octanol–water partition coefficient (Wildman–Crippen LogP) is 5.58. The van der Waals surface area contributed by atoms with Crippen LogP contribution in [0, 0.1) is 11.3 Å². The number of ether oxygens (including phenoxy) is 1. The molecule has 1 aromatic heterocycles. The summed E-state index contributed by atoms with van der Waals surface area (Å²) < 4.78 is 6.89. The normalized spacial score (nSPS) is 12.6. The number of benzene rings is 3. The van der Waals surface area contributed by atoms with Crippen molar-refractivity contribution in [2.75, 3.05) is 12.4 Å². The van der Waals surface area contributed by atoms with Crippen LogP contribution >= 0.6 is 11.8 Å². The van der Waals surface area contributed by atoms with Crippen molar-refractivity contribution in [3.63, 3.8) is 0 Å². The molecule has 0 radical (unpaired) electrons. The molecule has 0 bridgehead atoms. The van der Waals surface area contributed by atoms with E-state index in [4.69, 9.17) is 4.74 Å². The number of nitrogens with one attached hydrogen (secondary N) is 1. The molecule has 7 nitrogen and oxygen atoms in total. The zero-order valence-electron chi connectivity index (χ0n) is 18.7. The van der Waals surface area contributed by atoms with Gasteiger partial charge in [-0.05, 0) is 42.5 Å². The number of amides is 1. The maximum absolute atomic E-state index is 12.9. The molecule has 4 aromatic rings. The molecule has 5 rings (SSSR count). The zero-order valence-corrected chi connectivity index (χ0v) is 19.5. The summed E-state index contributed by atoms with van der Waals surface area (Å²) in [5.74, 6) is 0.00131. The Bertz CT molecular complexity index is 1490. The summed E-state index contributed by atoms with van der Waals surface area (Å²) in [6.45, 7) is 0. The van der Waals surface area contributed by atoms with Crippen LogP contribution < -0.4 is 10.1 Å². The zero-order chi connectivity index (χ0) is 24.4. The minimum Gasteiger partial charge on any atom is -0.504 e. The fraction of sp³-hybridized carbons (Fsp3) is 0.0741. The summed E-state index contributed by atoms with van der Waals surface area (Å²) in [5, 5.41) is 28.3. The third-order valence-electron chi connectivity index (χ3n) is 5.65. The number of thioether (sulfide) groups is 1. The summed E-state index contributed by atoms with van der Waals surface area (Å²) in [4.78, 5) is 14.0. The van der Waals surface area contributed by atoms with Gasteiger partial charge in [0.15, 0.2) is 11.3 Å².